The molecule has 4 rings (SSSR count). The van der Waals surface area contributed by atoms with Gasteiger partial charge in [-0.3, -0.25) is 0 Å². The van der Waals surface area contributed by atoms with Crippen LogP contribution in [0, 0.1) is 0 Å². The molecule has 132 valence electrons. The lowest BCUT2D eigenvalue weighted by atomic mass is 9.92. The minimum Gasteiger partial charge on any atom is -0.167 e. The average Bonchev–Trinajstić information content (AvgIpc) is 3.13. The van der Waals surface area contributed by atoms with E-state index < -0.39 is 0 Å². The Labute approximate surface area is 162 Å². The Kier molecular flexibility index (Phi) is 4.81. The topological polar surface area (TPSA) is 43.6 Å². The fraction of sp³-hybridized carbons (Fsp3) is 0.0455. The van der Waals surface area contributed by atoms with Gasteiger partial charge in [0.05, 0.1) is 12.1 Å². The van der Waals surface area contributed by atoms with E-state index in [1.54, 1.807) is 7.05 Å². The molecule has 4 aromatic rings. The highest BCUT2D eigenvalue weighted by molar-refractivity contribution is 6.33. The quantitative estimate of drug-likeness (QED) is 0.467. The van der Waals surface area contributed by atoms with Gasteiger partial charge in [0, 0.05) is 5.56 Å². The van der Waals surface area contributed by atoms with Gasteiger partial charge in [-0.2, -0.15) is 4.80 Å². The third kappa shape index (κ3) is 3.66. The summed E-state index contributed by atoms with van der Waals surface area (Å²) in [5.74, 6) is 0.507. The zero-order chi connectivity index (χ0) is 18.6. The number of halogens is 1. The maximum absolute atomic E-state index is 6.56. The molecule has 0 aliphatic heterocycles. The summed E-state index contributed by atoms with van der Waals surface area (Å²) in [5.41, 5.74) is 4.98. The molecule has 0 aliphatic carbocycles. The van der Waals surface area contributed by atoms with Crippen LogP contribution in [0.3, 0.4) is 0 Å². The lowest BCUT2D eigenvalue weighted by Crippen LogP contribution is -1.96. The van der Waals surface area contributed by atoms with Crippen molar-refractivity contribution in [2.24, 2.45) is 7.05 Å². The number of hydrogen-bond acceptors (Lipinski definition) is 3. The van der Waals surface area contributed by atoms with Gasteiger partial charge in [0.1, 0.15) is 0 Å². The summed E-state index contributed by atoms with van der Waals surface area (Å²) in [5, 5.41) is 13.1. The normalized spacial score (nSPS) is 11.6. The molecule has 0 aliphatic rings. The van der Waals surface area contributed by atoms with Crippen LogP contribution in [0.2, 0.25) is 5.02 Å². The first kappa shape index (κ1) is 17.2. The lowest BCUT2D eigenvalue weighted by molar-refractivity contribution is 0.630. The molecule has 0 unspecified atom stereocenters. The van der Waals surface area contributed by atoms with Crippen LogP contribution in [0.4, 0.5) is 0 Å². The predicted molar refractivity (Wildman–Crippen MR) is 109 cm³/mol. The summed E-state index contributed by atoms with van der Waals surface area (Å²) < 4.78 is 0. The SMILES string of the molecule is Cn1nnc(-c2c(Cl)cccc2/C(=C/c2ccccc2)c2ccccc2)n1. The molecule has 0 N–H and O–H groups in total. The van der Waals surface area contributed by atoms with Crippen molar-refractivity contribution >= 4 is 23.3 Å². The van der Waals surface area contributed by atoms with Crippen LogP contribution < -0.4 is 0 Å². The van der Waals surface area contributed by atoms with Crippen molar-refractivity contribution in [3.63, 3.8) is 0 Å². The monoisotopic (exact) mass is 372 g/mol. The van der Waals surface area contributed by atoms with Gasteiger partial charge >= 0.3 is 0 Å². The number of benzene rings is 3. The number of tetrazole rings is 1. The summed E-state index contributed by atoms with van der Waals surface area (Å²) in [6.45, 7) is 0. The fourth-order valence-corrected chi connectivity index (χ4v) is 3.27. The summed E-state index contributed by atoms with van der Waals surface area (Å²) in [6, 6.07) is 26.3. The third-order valence-electron chi connectivity index (χ3n) is 4.23. The third-order valence-corrected chi connectivity index (χ3v) is 4.55. The van der Waals surface area contributed by atoms with Gasteiger partial charge in [0.2, 0.25) is 5.82 Å². The Morgan fingerprint density at radius 2 is 1.59 bits per heavy atom. The fourth-order valence-electron chi connectivity index (χ4n) is 3.01. The van der Waals surface area contributed by atoms with Crippen LogP contribution in [0.15, 0.2) is 78.9 Å². The Bertz CT molecular complexity index is 1090. The number of nitrogens with zero attached hydrogens (tertiary/aromatic N) is 4. The van der Waals surface area contributed by atoms with E-state index in [2.05, 4.69) is 45.8 Å². The summed E-state index contributed by atoms with van der Waals surface area (Å²) in [7, 11) is 1.74. The van der Waals surface area contributed by atoms with E-state index in [9.17, 15) is 0 Å². The van der Waals surface area contributed by atoms with Crippen molar-refractivity contribution in [3.8, 4) is 11.4 Å². The second-order valence-electron chi connectivity index (χ2n) is 6.10. The van der Waals surface area contributed by atoms with E-state index in [1.807, 2.05) is 54.6 Å². The molecule has 0 fully saturated rings. The van der Waals surface area contributed by atoms with Crippen molar-refractivity contribution in [2.75, 3.05) is 0 Å². The lowest BCUT2D eigenvalue weighted by Gasteiger charge is -2.14. The van der Waals surface area contributed by atoms with Crippen molar-refractivity contribution in [1.82, 2.24) is 20.2 Å². The highest BCUT2D eigenvalue weighted by Gasteiger charge is 2.18. The molecule has 0 radical (unpaired) electrons. The van der Waals surface area contributed by atoms with Gasteiger partial charge in [0.15, 0.2) is 0 Å². The molecule has 1 aromatic heterocycles. The number of hydrogen-bond donors (Lipinski definition) is 0. The maximum atomic E-state index is 6.56. The second kappa shape index (κ2) is 7.56. The molecular weight excluding hydrogens is 356 g/mol. The van der Waals surface area contributed by atoms with E-state index in [4.69, 9.17) is 11.6 Å². The van der Waals surface area contributed by atoms with Gasteiger partial charge in [-0.15, -0.1) is 10.2 Å². The van der Waals surface area contributed by atoms with Crippen LogP contribution in [0.5, 0.6) is 0 Å². The Hall–Kier alpha value is -3.24. The largest absolute Gasteiger partial charge is 0.207 e. The van der Waals surface area contributed by atoms with Crippen molar-refractivity contribution in [1.29, 1.82) is 0 Å². The molecule has 27 heavy (non-hydrogen) atoms. The van der Waals surface area contributed by atoms with Gasteiger partial charge < -0.3 is 0 Å². The van der Waals surface area contributed by atoms with Crippen LogP contribution in [-0.4, -0.2) is 20.2 Å². The minimum atomic E-state index is 0.507. The minimum absolute atomic E-state index is 0.507. The van der Waals surface area contributed by atoms with Crippen LogP contribution >= 0.6 is 11.6 Å². The Morgan fingerprint density at radius 1 is 0.889 bits per heavy atom. The summed E-state index contributed by atoms with van der Waals surface area (Å²) in [4.78, 5) is 1.44. The molecule has 0 amide bonds. The van der Waals surface area contributed by atoms with Gasteiger partial charge in [0.25, 0.3) is 0 Å². The average molecular weight is 373 g/mol. The number of aromatic nitrogens is 4. The van der Waals surface area contributed by atoms with E-state index in [0.717, 1.165) is 27.8 Å². The first-order chi connectivity index (χ1) is 13.2. The smallest absolute Gasteiger partial charge is 0.167 e. The summed E-state index contributed by atoms with van der Waals surface area (Å²) >= 11 is 6.56. The molecule has 0 atom stereocenters. The van der Waals surface area contributed by atoms with E-state index in [1.165, 1.54) is 4.80 Å². The van der Waals surface area contributed by atoms with E-state index in [0.29, 0.717) is 10.8 Å². The van der Waals surface area contributed by atoms with E-state index >= 15 is 0 Å². The van der Waals surface area contributed by atoms with Crippen molar-refractivity contribution < 1.29 is 0 Å². The molecule has 0 saturated carbocycles. The molecule has 5 heteroatoms. The molecule has 0 saturated heterocycles. The highest BCUT2D eigenvalue weighted by Crippen LogP contribution is 2.36. The standard InChI is InChI=1S/C22H17ClN4/c1-27-25-22(24-26-27)21-18(13-8-14-20(21)23)19(17-11-6-3-7-12-17)15-16-9-4-2-5-10-16/h2-15H,1H3/b19-15+. The van der Waals surface area contributed by atoms with Gasteiger partial charge in [-0.05, 0) is 39.6 Å². The number of rotatable bonds is 4. The highest BCUT2D eigenvalue weighted by atomic mass is 35.5. The van der Waals surface area contributed by atoms with Gasteiger partial charge in [-0.25, -0.2) is 0 Å². The molecule has 3 aromatic carbocycles. The molecule has 0 spiro atoms. The van der Waals surface area contributed by atoms with Crippen molar-refractivity contribution in [3.05, 3.63) is 101 Å². The molecule has 1 heterocycles. The molecule has 0 bridgehead atoms. The predicted octanol–water partition coefficient (Wildman–Crippen LogP) is 5.12. The van der Waals surface area contributed by atoms with Crippen LogP contribution in [-0.2, 0) is 7.05 Å². The van der Waals surface area contributed by atoms with Crippen LogP contribution in [0.1, 0.15) is 16.7 Å². The van der Waals surface area contributed by atoms with Gasteiger partial charge in [-0.1, -0.05) is 84.4 Å². The summed E-state index contributed by atoms with van der Waals surface area (Å²) in [6.07, 6.45) is 2.15. The van der Waals surface area contributed by atoms with E-state index in [-0.39, 0.29) is 0 Å². The maximum Gasteiger partial charge on any atom is 0.207 e. The second-order valence-corrected chi connectivity index (χ2v) is 6.51. The molecular formula is C22H17ClN4. The zero-order valence-corrected chi connectivity index (χ0v) is 15.5. The van der Waals surface area contributed by atoms with Crippen molar-refractivity contribution in [2.45, 2.75) is 0 Å². The molecule has 4 nitrogen and oxygen atoms in total. The Balaban J connectivity index is 1.97. The first-order valence-corrected chi connectivity index (χ1v) is 8.95. The number of aryl methyl sites for hydroxylation is 1. The van der Waals surface area contributed by atoms with Crippen LogP contribution in [0.25, 0.3) is 23.0 Å². The first-order valence-electron chi connectivity index (χ1n) is 8.58. The zero-order valence-electron chi connectivity index (χ0n) is 14.7. The Morgan fingerprint density at radius 3 is 2.26 bits per heavy atom.